The van der Waals surface area contributed by atoms with E-state index in [1.165, 1.54) is 12.1 Å². The summed E-state index contributed by atoms with van der Waals surface area (Å²) in [7, 11) is -3.66. The molecule has 7 heteroatoms. The Morgan fingerprint density at radius 3 is 2.45 bits per heavy atom. The fourth-order valence-corrected chi connectivity index (χ4v) is 2.76. The summed E-state index contributed by atoms with van der Waals surface area (Å²) in [6.45, 7) is 0.122. The molecule has 0 aromatic heterocycles. The number of nitrogens with one attached hydrogen (secondary N) is 2. The van der Waals surface area contributed by atoms with Gasteiger partial charge in [0.2, 0.25) is 15.9 Å². The molecule has 2 rings (SSSR count). The number of aliphatic hydroxyl groups is 1. The van der Waals surface area contributed by atoms with Gasteiger partial charge in [-0.1, -0.05) is 18.2 Å². The second-order valence-corrected chi connectivity index (χ2v) is 6.84. The van der Waals surface area contributed by atoms with Crippen molar-refractivity contribution in [1.29, 1.82) is 0 Å². The molecule has 0 spiro atoms. The normalized spacial score (nSPS) is 16.6. The van der Waals surface area contributed by atoms with E-state index < -0.39 is 15.9 Å². The smallest absolute Gasteiger partial charge is 0.241 e. The molecule has 1 aromatic carbocycles. The second kappa shape index (κ2) is 5.90. The van der Waals surface area contributed by atoms with Gasteiger partial charge in [-0.2, -0.15) is 0 Å². The largest absolute Gasteiger partial charge is 0.396 e. The summed E-state index contributed by atoms with van der Waals surface area (Å²) in [5.41, 5.74) is -0.187. The van der Waals surface area contributed by atoms with Gasteiger partial charge < -0.3 is 10.4 Å². The minimum absolute atomic E-state index is 0.0447. The maximum absolute atomic E-state index is 11.9. The van der Waals surface area contributed by atoms with Crippen molar-refractivity contribution in [2.24, 2.45) is 5.41 Å². The Morgan fingerprint density at radius 1 is 1.25 bits per heavy atom. The van der Waals surface area contributed by atoms with Gasteiger partial charge in [-0.3, -0.25) is 4.79 Å². The van der Waals surface area contributed by atoms with Crippen LogP contribution in [0.3, 0.4) is 0 Å². The van der Waals surface area contributed by atoms with Crippen LogP contribution in [-0.4, -0.2) is 39.1 Å². The van der Waals surface area contributed by atoms with Gasteiger partial charge in [0.05, 0.1) is 18.0 Å². The number of hydrogen-bond donors (Lipinski definition) is 3. The fourth-order valence-electron chi connectivity index (χ4n) is 1.76. The molecule has 1 aromatic rings. The molecule has 6 nitrogen and oxygen atoms in total. The van der Waals surface area contributed by atoms with Crippen LogP contribution < -0.4 is 10.0 Å². The van der Waals surface area contributed by atoms with Crippen molar-refractivity contribution >= 4 is 15.9 Å². The molecule has 0 aliphatic heterocycles. The maximum Gasteiger partial charge on any atom is 0.241 e. The first-order chi connectivity index (χ1) is 9.47. The highest BCUT2D eigenvalue weighted by Crippen LogP contribution is 2.44. The molecule has 0 atom stereocenters. The van der Waals surface area contributed by atoms with E-state index in [-0.39, 0.29) is 23.5 Å². The molecule has 1 amide bonds. The number of hydrogen-bond acceptors (Lipinski definition) is 4. The molecule has 20 heavy (non-hydrogen) atoms. The highest BCUT2D eigenvalue weighted by atomic mass is 32.2. The van der Waals surface area contributed by atoms with Gasteiger partial charge in [-0.05, 0) is 25.0 Å². The molecule has 1 fully saturated rings. The van der Waals surface area contributed by atoms with Crippen molar-refractivity contribution in [2.45, 2.75) is 17.7 Å². The lowest BCUT2D eigenvalue weighted by atomic mass is 10.1. The quantitative estimate of drug-likeness (QED) is 0.652. The van der Waals surface area contributed by atoms with Crippen molar-refractivity contribution in [3.8, 4) is 0 Å². The predicted octanol–water partition coefficient (Wildman–Crippen LogP) is -0.146. The summed E-state index contributed by atoms with van der Waals surface area (Å²) < 4.78 is 26.0. The minimum Gasteiger partial charge on any atom is -0.396 e. The standard InChI is InChI=1S/C13H18N2O4S/c16-10-13(6-7-13)9-14-12(17)8-15-20(18,19)11-4-2-1-3-5-11/h1-5,15-16H,6-10H2,(H,14,17). The van der Waals surface area contributed by atoms with Gasteiger partial charge >= 0.3 is 0 Å². The highest BCUT2D eigenvalue weighted by Gasteiger charge is 2.42. The number of rotatable bonds is 7. The second-order valence-electron chi connectivity index (χ2n) is 5.07. The van der Waals surface area contributed by atoms with Crippen molar-refractivity contribution in [2.75, 3.05) is 19.7 Å². The van der Waals surface area contributed by atoms with E-state index in [0.717, 1.165) is 12.8 Å². The number of benzene rings is 1. The highest BCUT2D eigenvalue weighted by molar-refractivity contribution is 7.89. The molecular weight excluding hydrogens is 280 g/mol. The number of amides is 1. The zero-order valence-electron chi connectivity index (χ0n) is 11.0. The molecule has 1 saturated carbocycles. The summed E-state index contributed by atoms with van der Waals surface area (Å²) in [6, 6.07) is 7.88. The zero-order valence-corrected chi connectivity index (χ0v) is 11.8. The Kier molecular flexibility index (Phi) is 4.42. The Balaban J connectivity index is 1.81. The number of sulfonamides is 1. The summed E-state index contributed by atoms with van der Waals surface area (Å²) in [5.74, 6) is -0.399. The van der Waals surface area contributed by atoms with E-state index in [1.807, 2.05) is 0 Å². The molecule has 0 unspecified atom stereocenters. The number of carbonyl (C=O) groups is 1. The molecule has 0 heterocycles. The third-order valence-electron chi connectivity index (χ3n) is 3.43. The van der Waals surface area contributed by atoms with Crippen LogP contribution in [-0.2, 0) is 14.8 Å². The van der Waals surface area contributed by atoms with E-state index in [9.17, 15) is 13.2 Å². The third kappa shape index (κ3) is 3.78. The molecular formula is C13H18N2O4S. The van der Waals surface area contributed by atoms with Gasteiger partial charge in [-0.15, -0.1) is 0 Å². The monoisotopic (exact) mass is 298 g/mol. The van der Waals surface area contributed by atoms with Crippen LogP contribution in [0, 0.1) is 5.41 Å². The Hall–Kier alpha value is -1.44. The topological polar surface area (TPSA) is 95.5 Å². The first-order valence-electron chi connectivity index (χ1n) is 6.40. The third-order valence-corrected chi connectivity index (χ3v) is 4.85. The lowest BCUT2D eigenvalue weighted by Crippen LogP contribution is -2.39. The van der Waals surface area contributed by atoms with Crippen LogP contribution in [0.2, 0.25) is 0 Å². The van der Waals surface area contributed by atoms with E-state index in [1.54, 1.807) is 18.2 Å². The Bertz CT molecular complexity index is 567. The molecule has 0 bridgehead atoms. The van der Waals surface area contributed by atoms with Crippen LogP contribution in [0.1, 0.15) is 12.8 Å². The van der Waals surface area contributed by atoms with Crippen LogP contribution in [0.4, 0.5) is 0 Å². The summed E-state index contributed by atoms with van der Waals surface area (Å²) in [4.78, 5) is 11.7. The first-order valence-corrected chi connectivity index (χ1v) is 7.88. The van der Waals surface area contributed by atoms with Crippen molar-refractivity contribution in [3.63, 3.8) is 0 Å². The van der Waals surface area contributed by atoms with Crippen molar-refractivity contribution < 1.29 is 18.3 Å². The molecule has 0 saturated heterocycles. The van der Waals surface area contributed by atoms with Crippen molar-refractivity contribution in [3.05, 3.63) is 30.3 Å². The van der Waals surface area contributed by atoms with Gasteiger partial charge in [0.1, 0.15) is 0 Å². The van der Waals surface area contributed by atoms with Gasteiger partial charge in [0.25, 0.3) is 0 Å². The fraction of sp³-hybridized carbons (Fsp3) is 0.462. The Labute approximate surface area is 118 Å². The first kappa shape index (κ1) is 15.0. The van der Waals surface area contributed by atoms with E-state index >= 15 is 0 Å². The average Bonchev–Trinajstić information content (AvgIpc) is 3.25. The van der Waals surface area contributed by atoms with E-state index in [2.05, 4.69) is 10.0 Å². The number of aliphatic hydroxyl groups excluding tert-OH is 1. The Morgan fingerprint density at radius 2 is 1.90 bits per heavy atom. The molecule has 3 N–H and O–H groups in total. The summed E-state index contributed by atoms with van der Waals surface area (Å²) in [5, 5.41) is 11.7. The summed E-state index contributed by atoms with van der Waals surface area (Å²) >= 11 is 0. The van der Waals surface area contributed by atoms with Gasteiger partial charge in [0.15, 0.2) is 0 Å². The molecule has 0 radical (unpaired) electrons. The minimum atomic E-state index is -3.66. The van der Waals surface area contributed by atoms with E-state index in [4.69, 9.17) is 5.11 Å². The lowest BCUT2D eigenvalue weighted by Gasteiger charge is -2.13. The zero-order chi connectivity index (χ0) is 14.6. The van der Waals surface area contributed by atoms with Gasteiger partial charge in [-0.25, -0.2) is 13.1 Å². The van der Waals surface area contributed by atoms with Crippen LogP contribution in [0.25, 0.3) is 0 Å². The predicted molar refractivity (Wildman–Crippen MR) is 73.4 cm³/mol. The summed E-state index contributed by atoms with van der Waals surface area (Å²) in [6.07, 6.45) is 1.78. The average molecular weight is 298 g/mol. The van der Waals surface area contributed by atoms with Gasteiger partial charge in [0, 0.05) is 12.0 Å². The maximum atomic E-state index is 11.9. The SMILES string of the molecule is O=C(CNS(=O)(=O)c1ccccc1)NCC1(CO)CC1. The van der Waals surface area contributed by atoms with Crippen LogP contribution in [0.5, 0.6) is 0 Å². The van der Waals surface area contributed by atoms with E-state index in [0.29, 0.717) is 6.54 Å². The lowest BCUT2D eigenvalue weighted by molar-refractivity contribution is -0.120. The van der Waals surface area contributed by atoms with Crippen LogP contribution in [0.15, 0.2) is 35.2 Å². The molecule has 1 aliphatic rings. The molecule has 1 aliphatic carbocycles. The van der Waals surface area contributed by atoms with Crippen LogP contribution >= 0.6 is 0 Å². The van der Waals surface area contributed by atoms with Crippen molar-refractivity contribution in [1.82, 2.24) is 10.0 Å². The number of carbonyl (C=O) groups excluding carboxylic acids is 1. The molecule has 110 valence electrons.